The van der Waals surface area contributed by atoms with E-state index in [1.807, 2.05) is 20.2 Å². The van der Waals surface area contributed by atoms with Crippen LogP contribution in [-0.4, -0.2) is 9.97 Å². The summed E-state index contributed by atoms with van der Waals surface area (Å²) in [7, 11) is 1.83. The quantitative estimate of drug-likeness (QED) is 0.461. The predicted molar refractivity (Wildman–Crippen MR) is 52.7 cm³/mol. The molecule has 0 bridgehead atoms. The zero-order valence-corrected chi connectivity index (χ0v) is 9.17. The van der Waals surface area contributed by atoms with Crippen molar-refractivity contribution in [3.05, 3.63) is 28.2 Å². The third-order valence-corrected chi connectivity index (χ3v) is 2.06. The zero-order valence-electron chi connectivity index (χ0n) is 8.41. The van der Waals surface area contributed by atoms with E-state index in [1.54, 1.807) is 10.6 Å². The van der Waals surface area contributed by atoms with Crippen molar-refractivity contribution in [2.24, 2.45) is 7.05 Å². The van der Waals surface area contributed by atoms with E-state index in [0.29, 0.717) is 11.0 Å². The average Bonchev–Trinajstić information content (AvgIpc) is 2.07. The molecule has 2 aromatic heterocycles. The number of fused-ring (bicyclic) bond motifs is 1. The first-order valence-corrected chi connectivity index (χ1v) is 4.24. The van der Waals surface area contributed by atoms with Gasteiger partial charge in [0.05, 0.1) is 13.2 Å². The largest absolute Gasteiger partial charge is 1.00 e. The standard InChI is InChI=1S/C9H10N4O.ClH/c1-5-3-6-7(13(2)4-5)11-9(10)12-8(6)14;/h3-4H,1-2H3,(H2,10,12,14);1H. The number of nitrogen functional groups attached to an aromatic ring is 1. The van der Waals surface area contributed by atoms with Crippen LogP contribution in [0.2, 0.25) is 0 Å². The van der Waals surface area contributed by atoms with Gasteiger partial charge in [0.1, 0.15) is 5.39 Å². The van der Waals surface area contributed by atoms with Gasteiger partial charge in [-0.25, -0.2) is 4.57 Å². The molecule has 80 valence electrons. The maximum atomic E-state index is 11.5. The second-order valence-corrected chi connectivity index (χ2v) is 3.32. The minimum Gasteiger partial charge on any atom is -1.00 e. The molecule has 5 nitrogen and oxygen atoms in total. The van der Waals surface area contributed by atoms with E-state index in [4.69, 9.17) is 5.73 Å². The molecule has 0 amide bonds. The number of aromatic nitrogens is 3. The van der Waals surface area contributed by atoms with Crippen molar-refractivity contribution in [3.63, 3.8) is 0 Å². The van der Waals surface area contributed by atoms with E-state index in [-0.39, 0.29) is 23.9 Å². The second kappa shape index (κ2) is 3.86. The number of anilines is 1. The molecule has 0 aliphatic rings. The number of nitrogens with two attached hydrogens (primary N) is 1. The Balaban J connectivity index is 0.00000112. The van der Waals surface area contributed by atoms with Gasteiger partial charge in [0.25, 0.3) is 5.56 Å². The third kappa shape index (κ3) is 1.92. The van der Waals surface area contributed by atoms with E-state index >= 15 is 0 Å². The number of H-pyrrole nitrogens is 1. The molecule has 3 N–H and O–H groups in total. The summed E-state index contributed by atoms with van der Waals surface area (Å²) in [4.78, 5) is 18.0. The number of pyridine rings is 1. The fourth-order valence-electron chi connectivity index (χ4n) is 1.52. The molecule has 2 heterocycles. The SMILES string of the molecule is Cc1cc2c(=O)[nH]c(N)nc2[n+](C)c1.[Cl-]. The van der Waals surface area contributed by atoms with E-state index in [9.17, 15) is 4.79 Å². The Hall–Kier alpha value is -1.62. The van der Waals surface area contributed by atoms with Crippen molar-refractivity contribution in [1.29, 1.82) is 0 Å². The molecule has 0 unspecified atom stereocenters. The maximum Gasteiger partial charge on any atom is 0.340 e. The molecule has 0 fully saturated rings. The van der Waals surface area contributed by atoms with Crippen molar-refractivity contribution < 1.29 is 17.0 Å². The van der Waals surface area contributed by atoms with Crippen LogP contribution in [0.5, 0.6) is 0 Å². The van der Waals surface area contributed by atoms with Crippen LogP contribution in [0.1, 0.15) is 5.56 Å². The highest BCUT2D eigenvalue weighted by molar-refractivity contribution is 5.71. The van der Waals surface area contributed by atoms with Gasteiger partial charge in [0.15, 0.2) is 0 Å². The summed E-state index contributed by atoms with van der Waals surface area (Å²) >= 11 is 0. The summed E-state index contributed by atoms with van der Waals surface area (Å²) in [6.07, 6.45) is 1.90. The summed E-state index contributed by atoms with van der Waals surface area (Å²) in [6.45, 7) is 1.93. The lowest BCUT2D eigenvalue weighted by Gasteiger charge is -1.97. The highest BCUT2D eigenvalue weighted by atomic mass is 35.5. The molecule has 0 radical (unpaired) electrons. The van der Waals surface area contributed by atoms with Crippen LogP contribution in [0.3, 0.4) is 0 Å². The monoisotopic (exact) mass is 226 g/mol. The highest BCUT2D eigenvalue weighted by Gasteiger charge is 2.12. The number of hydrogen-bond acceptors (Lipinski definition) is 3. The third-order valence-electron chi connectivity index (χ3n) is 2.06. The Kier molecular flexibility index (Phi) is 2.95. The lowest BCUT2D eigenvalue weighted by atomic mass is 10.2. The summed E-state index contributed by atoms with van der Waals surface area (Å²) in [5, 5.41) is 0.557. The number of nitrogens with one attached hydrogen (secondary N) is 1. The van der Waals surface area contributed by atoms with Crippen molar-refractivity contribution in [2.45, 2.75) is 6.92 Å². The van der Waals surface area contributed by atoms with Crippen LogP contribution in [-0.2, 0) is 7.05 Å². The van der Waals surface area contributed by atoms with Gasteiger partial charge in [-0.15, -0.1) is 0 Å². The molecule has 0 spiro atoms. The fraction of sp³-hybridized carbons (Fsp3) is 0.222. The molecule has 6 heteroatoms. The smallest absolute Gasteiger partial charge is 0.340 e. The van der Waals surface area contributed by atoms with Crippen LogP contribution >= 0.6 is 0 Å². The number of aromatic amines is 1. The first-order chi connectivity index (χ1) is 6.58. The Morgan fingerprint density at radius 3 is 2.87 bits per heavy atom. The fourth-order valence-corrected chi connectivity index (χ4v) is 1.52. The zero-order chi connectivity index (χ0) is 10.3. The van der Waals surface area contributed by atoms with Gasteiger partial charge in [-0.1, -0.05) is 0 Å². The lowest BCUT2D eigenvalue weighted by molar-refractivity contribution is -0.647. The minimum atomic E-state index is -0.202. The molecule has 0 atom stereocenters. The first-order valence-electron chi connectivity index (χ1n) is 4.24. The minimum absolute atomic E-state index is 0. The van der Waals surface area contributed by atoms with Gasteiger partial charge in [0, 0.05) is 0 Å². The van der Waals surface area contributed by atoms with E-state index < -0.39 is 0 Å². The molecular formula is C9H11ClN4O. The molecule has 0 aromatic carbocycles. The summed E-state index contributed by atoms with van der Waals surface area (Å²) < 4.78 is 1.79. The van der Waals surface area contributed by atoms with Crippen LogP contribution in [0.15, 0.2) is 17.1 Å². The molecule has 2 rings (SSSR count). The normalized spacial score (nSPS) is 10.0. The van der Waals surface area contributed by atoms with E-state index in [2.05, 4.69) is 9.97 Å². The van der Waals surface area contributed by atoms with Gasteiger partial charge in [0.2, 0.25) is 0 Å². The van der Waals surface area contributed by atoms with Gasteiger partial charge in [-0.2, -0.15) is 0 Å². The van der Waals surface area contributed by atoms with Gasteiger partial charge in [-0.05, 0) is 23.5 Å². The molecule has 0 aliphatic carbocycles. The van der Waals surface area contributed by atoms with Crippen molar-refractivity contribution in [2.75, 3.05) is 5.73 Å². The lowest BCUT2D eigenvalue weighted by Crippen LogP contribution is -3.00. The average molecular weight is 227 g/mol. The summed E-state index contributed by atoms with van der Waals surface area (Å²) in [5.41, 5.74) is 6.86. The molecule has 0 saturated heterocycles. The summed E-state index contributed by atoms with van der Waals surface area (Å²) in [5.74, 6) is 0.141. The number of nitrogens with zero attached hydrogens (tertiary/aromatic N) is 2. The Morgan fingerprint density at radius 2 is 2.20 bits per heavy atom. The van der Waals surface area contributed by atoms with Crippen LogP contribution in [0.25, 0.3) is 11.0 Å². The number of halogens is 1. The molecule has 2 aromatic rings. The molecule has 0 saturated carbocycles. The van der Waals surface area contributed by atoms with Crippen molar-refractivity contribution in [1.82, 2.24) is 9.97 Å². The van der Waals surface area contributed by atoms with E-state index in [1.165, 1.54) is 0 Å². The van der Waals surface area contributed by atoms with Crippen LogP contribution < -0.4 is 28.3 Å². The van der Waals surface area contributed by atoms with E-state index in [0.717, 1.165) is 5.56 Å². The van der Waals surface area contributed by atoms with Gasteiger partial charge < -0.3 is 18.1 Å². The second-order valence-electron chi connectivity index (χ2n) is 3.32. The number of rotatable bonds is 0. The molecule has 0 aliphatic heterocycles. The summed E-state index contributed by atoms with van der Waals surface area (Å²) in [6, 6.07) is 1.79. The topological polar surface area (TPSA) is 75.6 Å². The predicted octanol–water partition coefficient (Wildman–Crippen LogP) is -3.36. The molecule has 15 heavy (non-hydrogen) atoms. The number of aryl methyl sites for hydroxylation is 2. The van der Waals surface area contributed by atoms with Gasteiger partial charge >= 0.3 is 11.6 Å². The van der Waals surface area contributed by atoms with Crippen LogP contribution in [0.4, 0.5) is 5.95 Å². The Bertz CT molecular complexity index is 564. The van der Waals surface area contributed by atoms with Gasteiger partial charge in [-0.3, -0.25) is 9.78 Å². The Morgan fingerprint density at radius 1 is 1.53 bits per heavy atom. The molecular weight excluding hydrogens is 216 g/mol. The highest BCUT2D eigenvalue weighted by Crippen LogP contribution is 2.04. The maximum absolute atomic E-state index is 11.5. The Labute approximate surface area is 92.4 Å². The number of hydrogen-bond donors (Lipinski definition) is 2. The van der Waals surface area contributed by atoms with Crippen molar-refractivity contribution in [3.8, 4) is 0 Å². The van der Waals surface area contributed by atoms with Crippen LogP contribution in [0, 0.1) is 6.92 Å². The van der Waals surface area contributed by atoms with Crippen molar-refractivity contribution >= 4 is 17.0 Å². The first kappa shape index (κ1) is 11.5.